The maximum atomic E-state index is 14.6. The van der Waals surface area contributed by atoms with Crippen LogP contribution in [0.5, 0.6) is 5.75 Å². The van der Waals surface area contributed by atoms with Crippen LogP contribution in [0, 0.1) is 31.1 Å². The van der Waals surface area contributed by atoms with Crippen LogP contribution in [0.1, 0.15) is 131 Å². The molecule has 0 bridgehead atoms. The Balaban J connectivity index is 1.16. The maximum absolute atomic E-state index is 14.6. The molecule has 1 fully saturated rings. The number of ether oxygens (including phenoxy) is 2. The molecule has 5 atom stereocenters. The summed E-state index contributed by atoms with van der Waals surface area (Å²) in [6.07, 6.45) is 1.01. The predicted octanol–water partition coefficient (Wildman–Crippen LogP) is 10.1. The standard InChI is InChI=1S/C66H83N3O11S/c1-9-66(6,7)63(74)64(75)69-36-17-16-25-58(69)65(76)80-61(34-28-50-27-26-46(4)47(5)37-50)52-24-18-23-51(39-52)40-54(70)29-35-62(73)67-57(41-49-21-14-11-15-22-49)59(71)42-53(38-48-19-12-10-13-20-48)60(72)44-68(43-45(2)3)81(77,78)56-32-30-55(79-8)31-33-56/h10-15,18-24,26-27,30-33,37,39,45,53,57-58,60-61,72H,9,16-17,25,28-29,34-36,38,40-44H2,1-8H3,(H,67,73)/t53-,57?,58-,60-,61+/m0/s1. The topological polar surface area (TPSA) is 194 Å². The van der Waals surface area contributed by atoms with Crippen LogP contribution >= 0.6 is 0 Å². The average molecular weight is 1130 g/mol. The summed E-state index contributed by atoms with van der Waals surface area (Å²) in [4.78, 5) is 85.0. The van der Waals surface area contributed by atoms with Crippen LogP contribution < -0.4 is 10.1 Å². The third kappa shape index (κ3) is 18.3. The van der Waals surface area contributed by atoms with E-state index >= 15 is 0 Å². The van der Waals surface area contributed by atoms with Crippen molar-refractivity contribution in [2.45, 2.75) is 155 Å². The van der Waals surface area contributed by atoms with Gasteiger partial charge in [-0.25, -0.2) is 13.2 Å². The first kappa shape index (κ1) is 63.4. The van der Waals surface area contributed by atoms with Crippen molar-refractivity contribution in [2.75, 3.05) is 26.7 Å². The molecule has 1 unspecified atom stereocenters. The van der Waals surface area contributed by atoms with Gasteiger partial charge in [-0.15, -0.1) is 0 Å². The van der Waals surface area contributed by atoms with Crippen LogP contribution in [-0.4, -0.2) is 103 Å². The first-order valence-corrected chi connectivity index (χ1v) is 30.0. The fourth-order valence-electron chi connectivity index (χ4n) is 10.2. The molecule has 5 aromatic rings. The van der Waals surface area contributed by atoms with Gasteiger partial charge in [0.15, 0.2) is 5.78 Å². The van der Waals surface area contributed by atoms with Gasteiger partial charge >= 0.3 is 5.97 Å². The van der Waals surface area contributed by atoms with Crippen LogP contribution in [0.15, 0.2) is 132 Å². The number of carbonyl (C=O) groups is 6. The first-order chi connectivity index (χ1) is 38.6. The van der Waals surface area contributed by atoms with Gasteiger partial charge in [0.1, 0.15) is 23.7 Å². The smallest absolute Gasteiger partial charge is 0.329 e. The first-order valence-electron chi connectivity index (χ1n) is 28.5. The number of carbonyl (C=O) groups excluding carboxylic acids is 6. The van der Waals surface area contributed by atoms with E-state index in [4.69, 9.17) is 9.47 Å². The minimum absolute atomic E-state index is 0.0212. The number of benzene rings is 5. The van der Waals surface area contributed by atoms with Gasteiger partial charge < -0.3 is 24.8 Å². The Labute approximate surface area is 480 Å². The summed E-state index contributed by atoms with van der Waals surface area (Å²) >= 11 is 0. The summed E-state index contributed by atoms with van der Waals surface area (Å²) in [5.74, 6) is -3.22. The predicted molar refractivity (Wildman–Crippen MR) is 314 cm³/mol. The van der Waals surface area contributed by atoms with E-state index in [0.717, 1.165) is 27.8 Å². The molecule has 2 N–H and O–H groups in total. The van der Waals surface area contributed by atoms with Gasteiger partial charge in [0.25, 0.3) is 5.91 Å². The zero-order valence-electron chi connectivity index (χ0n) is 48.5. The highest BCUT2D eigenvalue weighted by molar-refractivity contribution is 7.89. The van der Waals surface area contributed by atoms with Crippen LogP contribution in [0.2, 0.25) is 0 Å². The Morgan fingerprint density at radius 1 is 0.765 bits per heavy atom. The van der Waals surface area contributed by atoms with E-state index in [9.17, 15) is 42.3 Å². The fourth-order valence-corrected chi connectivity index (χ4v) is 11.8. The summed E-state index contributed by atoms with van der Waals surface area (Å²) in [6, 6.07) is 36.2. The number of amides is 2. The zero-order chi connectivity index (χ0) is 58.9. The lowest BCUT2D eigenvalue weighted by atomic mass is 9.84. The van der Waals surface area contributed by atoms with Crippen molar-refractivity contribution in [1.82, 2.24) is 14.5 Å². The summed E-state index contributed by atoms with van der Waals surface area (Å²) in [5, 5.41) is 15.0. The fraction of sp³-hybridized carbons (Fsp3) is 0.455. The number of methoxy groups -OCH3 is 1. The van der Waals surface area contributed by atoms with Crippen LogP contribution in [-0.2, 0) is 69.2 Å². The summed E-state index contributed by atoms with van der Waals surface area (Å²) < 4.78 is 41.1. The van der Waals surface area contributed by atoms with Crippen molar-refractivity contribution in [1.29, 1.82) is 0 Å². The van der Waals surface area contributed by atoms with Gasteiger partial charge in [0, 0.05) is 50.7 Å². The molecule has 15 heteroatoms. The third-order valence-corrected chi connectivity index (χ3v) is 17.5. The summed E-state index contributed by atoms with van der Waals surface area (Å²) in [7, 11) is -2.59. The van der Waals surface area contributed by atoms with E-state index in [1.807, 2.05) is 113 Å². The highest BCUT2D eigenvalue weighted by atomic mass is 32.2. The van der Waals surface area contributed by atoms with Crippen LogP contribution in [0.4, 0.5) is 0 Å². The van der Waals surface area contributed by atoms with Crippen molar-refractivity contribution >= 4 is 45.2 Å². The molecule has 0 radical (unpaired) electrons. The molecule has 5 aromatic carbocycles. The number of nitrogens with one attached hydrogen (secondary N) is 1. The van der Waals surface area contributed by atoms with Gasteiger partial charge in [-0.1, -0.05) is 138 Å². The molecule has 0 spiro atoms. The van der Waals surface area contributed by atoms with Gasteiger partial charge in [-0.05, 0) is 140 Å². The van der Waals surface area contributed by atoms with Crippen LogP contribution in [0.3, 0.4) is 0 Å². The number of likely N-dealkylation sites (tertiary alicyclic amines) is 1. The Morgan fingerprint density at radius 2 is 1.42 bits per heavy atom. The Hall–Kier alpha value is -6.81. The highest BCUT2D eigenvalue weighted by Crippen LogP contribution is 2.31. The number of ketones is 3. The number of rotatable bonds is 30. The van der Waals surface area contributed by atoms with Crippen molar-refractivity contribution in [3.05, 3.63) is 166 Å². The summed E-state index contributed by atoms with van der Waals surface area (Å²) in [5.41, 5.74) is 5.41. The third-order valence-electron chi connectivity index (χ3n) is 15.6. The second-order valence-corrected chi connectivity index (χ2v) is 24.7. The lowest BCUT2D eigenvalue weighted by Gasteiger charge is -2.36. The number of nitrogens with zero attached hydrogens (tertiary/aromatic N) is 2. The molecule has 1 aliphatic rings. The molecule has 6 rings (SSSR count). The largest absolute Gasteiger partial charge is 0.497 e. The van der Waals surface area contributed by atoms with Gasteiger partial charge in [-0.3, -0.25) is 24.0 Å². The number of aryl methyl sites for hydroxylation is 3. The second kappa shape index (κ2) is 29.8. The molecule has 0 saturated carbocycles. The van der Waals surface area contributed by atoms with E-state index in [0.29, 0.717) is 55.4 Å². The number of aliphatic hydroxyl groups excluding tert-OH is 1. The zero-order valence-corrected chi connectivity index (χ0v) is 49.3. The number of esters is 1. The molecule has 1 saturated heterocycles. The van der Waals surface area contributed by atoms with E-state index in [1.165, 1.54) is 28.4 Å². The molecule has 2 amide bonds. The van der Waals surface area contributed by atoms with E-state index in [2.05, 4.69) is 17.4 Å². The molecule has 1 heterocycles. The van der Waals surface area contributed by atoms with Gasteiger partial charge in [0.2, 0.25) is 21.7 Å². The number of Topliss-reactive ketones (excluding diaryl/α,β-unsaturated/α-hetero) is 3. The maximum Gasteiger partial charge on any atom is 0.329 e. The Morgan fingerprint density at radius 3 is 2.05 bits per heavy atom. The molecule has 14 nitrogen and oxygen atoms in total. The van der Waals surface area contributed by atoms with E-state index in [1.54, 1.807) is 38.1 Å². The molecular weight excluding hydrogens is 1040 g/mol. The quantitative estimate of drug-likeness (QED) is 0.0328. The van der Waals surface area contributed by atoms with E-state index in [-0.39, 0.29) is 80.5 Å². The lowest BCUT2D eigenvalue weighted by molar-refractivity contribution is -0.164. The number of hydrogen-bond acceptors (Lipinski definition) is 11. The lowest BCUT2D eigenvalue weighted by Crippen LogP contribution is -2.53. The molecule has 0 aromatic heterocycles. The number of piperidine rings is 1. The normalized spacial score (nSPS) is 15.3. The van der Waals surface area contributed by atoms with E-state index < -0.39 is 69.2 Å². The second-order valence-electron chi connectivity index (χ2n) is 22.8. The van der Waals surface area contributed by atoms with Gasteiger partial charge in [0.05, 0.1) is 24.2 Å². The van der Waals surface area contributed by atoms with Crippen molar-refractivity contribution < 1.29 is 51.8 Å². The SMILES string of the molecule is CCC(C)(C)C(=O)C(=O)N1CCCC[C@H]1C(=O)O[C@H](CCc1ccc(C)c(C)c1)c1cccc(CC(=O)CCC(=O)NC(Cc2ccccc2)C(=O)C[C@H](Cc2ccccc2)[C@@H](O)CN(CC(C)C)S(=O)(=O)c2ccc(OC)cc2)c1. The number of sulfonamides is 1. The van der Waals surface area contributed by atoms with Gasteiger partial charge in [-0.2, -0.15) is 4.31 Å². The van der Waals surface area contributed by atoms with Crippen molar-refractivity contribution in [2.24, 2.45) is 17.3 Å². The van der Waals surface area contributed by atoms with Crippen molar-refractivity contribution in [3.63, 3.8) is 0 Å². The van der Waals surface area contributed by atoms with Crippen LogP contribution in [0.25, 0.3) is 0 Å². The Bertz CT molecular complexity index is 3040. The minimum Gasteiger partial charge on any atom is -0.497 e. The molecule has 81 heavy (non-hydrogen) atoms. The summed E-state index contributed by atoms with van der Waals surface area (Å²) in [6.45, 7) is 13.3. The molecule has 1 aliphatic heterocycles. The minimum atomic E-state index is -4.09. The molecule has 0 aliphatic carbocycles. The average Bonchev–Trinajstić information content (AvgIpc) is 3.48. The molecular formula is C66H83N3O11S. The Kier molecular flexibility index (Phi) is 23.3. The number of aliphatic hydroxyl groups is 1. The highest BCUT2D eigenvalue weighted by Gasteiger charge is 2.41. The monoisotopic (exact) mass is 1130 g/mol. The number of hydrogen-bond donors (Lipinski definition) is 2. The molecule has 434 valence electrons. The van der Waals surface area contributed by atoms with Crippen molar-refractivity contribution in [3.8, 4) is 5.75 Å².